The molecule has 1 saturated heterocycles. The molecule has 4 nitrogen and oxygen atoms in total. The second kappa shape index (κ2) is 5.62. The molecule has 0 aliphatic carbocycles. The summed E-state index contributed by atoms with van der Waals surface area (Å²) in [4.78, 5) is 10.0. The summed E-state index contributed by atoms with van der Waals surface area (Å²) in [6.45, 7) is 1.11. The normalized spacial score (nSPS) is 17.0. The van der Waals surface area contributed by atoms with E-state index in [4.69, 9.17) is 0 Å². The van der Waals surface area contributed by atoms with Crippen LogP contribution in [0.15, 0.2) is 30.7 Å². The average Bonchev–Trinajstić information content (AvgIpc) is 2.93. The Morgan fingerprint density at radius 1 is 1.14 bits per heavy atom. The van der Waals surface area contributed by atoms with Gasteiger partial charge in [-0.1, -0.05) is 0 Å². The number of aryl methyl sites for hydroxylation is 1. The molecule has 2 aromatic rings. The van der Waals surface area contributed by atoms with E-state index in [-0.39, 0.29) is 11.7 Å². The van der Waals surface area contributed by atoms with Crippen LogP contribution in [0.25, 0.3) is 0 Å². The van der Waals surface area contributed by atoms with Gasteiger partial charge in [0.2, 0.25) is 0 Å². The maximum atomic E-state index is 13.1. The number of pyridine rings is 1. The van der Waals surface area contributed by atoms with Gasteiger partial charge in [0.1, 0.15) is 11.6 Å². The molecule has 118 valence electrons. The van der Waals surface area contributed by atoms with E-state index in [9.17, 15) is 13.2 Å². The monoisotopic (exact) mass is 310 g/mol. The SMILES string of the molecule is Cn1ccnc1C1CCN(c2ncccc2C(F)(F)F)CC1. The van der Waals surface area contributed by atoms with Crippen molar-refractivity contribution in [2.75, 3.05) is 18.0 Å². The summed E-state index contributed by atoms with van der Waals surface area (Å²) in [6.07, 6.45) is 2.23. The number of anilines is 1. The summed E-state index contributed by atoms with van der Waals surface area (Å²) in [5, 5.41) is 0. The van der Waals surface area contributed by atoms with Crippen molar-refractivity contribution in [2.45, 2.75) is 24.9 Å². The Kier molecular flexibility index (Phi) is 3.80. The van der Waals surface area contributed by atoms with E-state index in [1.165, 1.54) is 12.3 Å². The summed E-state index contributed by atoms with van der Waals surface area (Å²) in [6, 6.07) is 2.42. The maximum absolute atomic E-state index is 13.1. The number of hydrogen-bond donors (Lipinski definition) is 0. The van der Waals surface area contributed by atoms with E-state index in [0.717, 1.165) is 24.7 Å². The molecule has 0 radical (unpaired) electrons. The molecule has 0 saturated carbocycles. The molecule has 3 rings (SSSR count). The van der Waals surface area contributed by atoms with Crippen molar-refractivity contribution in [3.05, 3.63) is 42.1 Å². The molecule has 22 heavy (non-hydrogen) atoms. The third kappa shape index (κ3) is 2.80. The first-order valence-electron chi connectivity index (χ1n) is 7.21. The van der Waals surface area contributed by atoms with Gasteiger partial charge in [0.05, 0.1) is 5.56 Å². The number of imidazole rings is 1. The van der Waals surface area contributed by atoms with Gasteiger partial charge in [-0.15, -0.1) is 0 Å². The quantitative estimate of drug-likeness (QED) is 0.854. The number of rotatable bonds is 2. The summed E-state index contributed by atoms with van der Waals surface area (Å²) in [5.41, 5.74) is -0.662. The predicted octanol–water partition coefficient (Wildman–Crippen LogP) is 3.22. The molecule has 0 N–H and O–H groups in total. The first kappa shape index (κ1) is 14.9. The lowest BCUT2D eigenvalue weighted by Gasteiger charge is -2.33. The number of halogens is 3. The minimum Gasteiger partial charge on any atom is -0.356 e. The highest BCUT2D eigenvalue weighted by atomic mass is 19.4. The van der Waals surface area contributed by atoms with E-state index in [2.05, 4.69) is 9.97 Å². The molecule has 1 aliphatic rings. The number of piperidine rings is 1. The minimum atomic E-state index is -4.37. The van der Waals surface area contributed by atoms with Crippen molar-refractivity contribution in [1.29, 1.82) is 0 Å². The highest BCUT2D eigenvalue weighted by Gasteiger charge is 2.36. The van der Waals surface area contributed by atoms with Crippen molar-refractivity contribution in [3.63, 3.8) is 0 Å². The van der Waals surface area contributed by atoms with Crippen LogP contribution < -0.4 is 4.90 Å². The smallest absolute Gasteiger partial charge is 0.356 e. The molecule has 0 atom stereocenters. The molecule has 1 aliphatic heterocycles. The van der Waals surface area contributed by atoms with Gasteiger partial charge in [0, 0.05) is 44.6 Å². The number of aromatic nitrogens is 3. The van der Waals surface area contributed by atoms with Gasteiger partial charge in [-0.3, -0.25) is 0 Å². The van der Waals surface area contributed by atoms with Gasteiger partial charge < -0.3 is 9.47 Å². The second-order valence-electron chi connectivity index (χ2n) is 5.53. The lowest BCUT2D eigenvalue weighted by atomic mass is 9.95. The number of nitrogens with zero attached hydrogens (tertiary/aromatic N) is 4. The Labute approximate surface area is 126 Å². The van der Waals surface area contributed by atoms with Crippen molar-refractivity contribution >= 4 is 5.82 Å². The van der Waals surface area contributed by atoms with Crippen LogP contribution in [0.1, 0.15) is 30.1 Å². The summed E-state index contributed by atoms with van der Waals surface area (Å²) < 4.78 is 41.2. The van der Waals surface area contributed by atoms with Crippen LogP contribution in [-0.4, -0.2) is 27.6 Å². The topological polar surface area (TPSA) is 34.0 Å². The van der Waals surface area contributed by atoms with Gasteiger partial charge in [0.15, 0.2) is 0 Å². The maximum Gasteiger partial charge on any atom is 0.419 e. The predicted molar refractivity (Wildman–Crippen MR) is 76.6 cm³/mol. The Morgan fingerprint density at radius 3 is 2.45 bits per heavy atom. The highest BCUT2D eigenvalue weighted by molar-refractivity contribution is 5.48. The van der Waals surface area contributed by atoms with Gasteiger partial charge in [0.25, 0.3) is 0 Å². The number of alkyl halides is 3. The molecule has 0 spiro atoms. The Balaban J connectivity index is 1.76. The van der Waals surface area contributed by atoms with Crippen LogP contribution in [0, 0.1) is 0 Å². The molecule has 0 amide bonds. The Hall–Kier alpha value is -2.05. The van der Waals surface area contributed by atoms with E-state index in [1.807, 2.05) is 17.8 Å². The summed E-state index contributed by atoms with van der Waals surface area (Å²) in [5.74, 6) is 1.32. The van der Waals surface area contributed by atoms with Crippen molar-refractivity contribution in [1.82, 2.24) is 14.5 Å². The molecule has 2 aromatic heterocycles. The lowest BCUT2D eigenvalue weighted by Crippen LogP contribution is -2.35. The Morgan fingerprint density at radius 2 is 1.86 bits per heavy atom. The van der Waals surface area contributed by atoms with Crippen LogP contribution in [0.3, 0.4) is 0 Å². The molecular weight excluding hydrogens is 293 g/mol. The van der Waals surface area contributed by atoms with Crippen LogP contribution in [0.5, 0.6) is 0 Å². The van der Waals surface area contributed by atoms with Gasteiger partial charge in [-0.25, -0.2) is 9.97 Å². The fraction of sp³-hybridized carbons (Fsp3) is 0.467. The molecule has 1 fully saturated rings. The van der Waals surface area contributed by atoms with Crippen molar-refractivity contribution < 1.29 is 13.2 Å². The zero-order valence-electron chi connectivity index (χ0n) is 12.2. The van der Waals surface area contributed by atoms with Crippen LogP contribution in [-0.2, 0) is 13.2 Å². The van der Waals surface area contributed by atoms with Gasteiger partial charge in [-0.05, 0) is 25.0 Å². The number of hydrogen-bond acceptors (Lipinski definition) is 3. The van der Waals surface area contributed by atoms with Crippen LogP contribution >= 0.6 is 0 Å². The molecule has 3 heterocycles. The van der Waals surface area contributed by atoms with Crippen LogP contribution in [0.4, 0.5) is 19.0 Å². The van der Waals surface area contributed by atoms with E-state index >= 15 is 0 Å². The largest absolute Gasteiger partial charge is 0.419 e. The first-order chi connectivity index (χ1) is 10.5. The van der Waals surface area contributed by atoms with Crippen molar-refractivity contribution in [3.8, 4) is 0 Å². The highest BCUT2D eigenvalue weighted by Crippen LogP contribution is 2.37. The van der Waals surface area contributed by atoms with E-state index in [0.29, 0.717) is 13.1 Å². The van der Waals surface area contributed by atoms with Gasteiger partial charge in [-0.2, -0.15) is 13.2 Å². The lowest BCUT2D eigenvalue weighted by molar-refractivity contribution is -0.137. The third-order valence-electron chi connectivity index (χ3n) is 4.11. The standard InChI is InChI=1S/C15H17F3N4/c1-21-10-7-20-13(21)11-4-8-22(9-5-11)14-12(15(16,17)18)3-2-6-19-14/h2-3,6-7,10-11H,4-5,8-9H2,1H3. The van der Waals surface area contributed by atoms with Crippen molar-refractivity contribution in [2.24, 2.45) is 7.05 Å². The van der Waals surface area contributed by atoms with E-state index in [1.54, 1.807) is 11.1 Å². The third-order valence-corrected chi connectivity index (χ3v) is 4.11. The molecular formula is C15H17F3N4. The molecule has 0 unspecified atom stereocenters. The van der Waals surface area contributed by atoms with E-state index < -0.39 is 11.7 Å². The zero-order valence-corrected chi connectivity index (χ0v) is 12.2. The first-order valence-corrected chi connectivity index (χ1v) is 7.21. The fourth-order valence-electron chi connectivity index (χ4n) is 2.99. The van der Waals surface area contributed by atoms with Gasteiger partial charge >= 0.3 is 6.18 Å². The molecule has 0 aromatic carbocycles. The minimum absolute atomic E-state index is 0.0355. The zero-order chi connectivity index (χ0) is 15.7. The average molecular weight is 310 g/mol. The Bertz CT molecular complexity index is 642. The molecule has 0 bridgehead atoms. The summed E-state index contributed by atoms with van der Waals surface area (Å²) in [7, 11) is 1.94. The summed E-state index contributed by atoms with van der Waals surface area (Å²) >= 11 is 0. The molecule has 7 heteroatoms. The fourth-order valence-corrected chi connectivity index (χ4v) is 2.99. The second-order valence-corrected chi connectivity index (χ2v) is 5.53. The van der Waals surface area contributed by atoms with Crippen LogP contribution in [0.2, 0.25) is 0 Å².